The van der Waals surface area contributed by atoms with Gasteiger partial charge in [0.1, 0.15) is 0 Å². The molecule has 0 aliphatic carbocycles. The summed E-state index contributed by atoms with van der Waals surface area (Å²) in [7, 11) is -1.15. The van der Waals surface area contributed by atoms with Crippen LogP contribution in [-0.4, -0.2) is 0 Å². The molecule has 0 unspecified atom stereocenters. The summed E-state index contributed by atoms with van der Waals surface area (Å²) >= 11 is 0. The van der Waals surface area contributed by atoms with Crippen LogP contribution in [0.1, 0.15) is 27.8 Å². The van der Waals surface area contributed by atoms with Crippen molar-refractivity contribution in [2.24, 2.45) is 0 Å². The Morgan fingerprint density at radius 3 is 1.31 bits per heavy atom. The maximum atomic E-state index is 2.41. The zero-order valence-corrected chi connectivity index (χ0v) is 27.7. The first-order valence-corrected chi connectivity index (χ1v) is 17.1. The van der Waals surface area contributed by atoms with Crippen LogP contribution in [0, 0.1) is 27.7 Å². The van der Waals surface area contributed by atoms with Crippen molar-refractivity contribution in [3.05, 3.63) is 173 Å². The fraction of sp³-hybridized carbons (Fsp3) is 0.128. The minimum absolute atomic E-state index is 0. The molecule has 0 bridgehead atoms. The molecule has 0 saturated heterocycles. The van der Waals surface area contributed by atoms with Gasteiger partial charge in [0.15, 0.2) is 0 Å². The second-order valence-electron chi connectivity index (χ2n) is 10.7. The van der Waals surface area contributed by atoms with E-state index in [1.807, 2.05) is 30.3 Å². The minimum atomic E-state index is -0.613. The van der Waals surface area contributed by atoms with Crippen molar-refractivity contribution in [2.75, 3.05) is 0 Å². The summed E-state index contributed by atoms with van der Waals surface area (Å²) in [5.41, 5.74) is 6.87. The van der Waals surface area contributed by atoms with E-state index in [-0.39, 0.29) is 17.1 Å². The van der Waals surface area contributed by atoms with Gasteiger partial charge in [0.05, 0.1) is 0 Å². The van der Waals surface area contributed by atoms with Gasteiger partial charge in [0.2, 0.25) is 0 Å². The summed E-state index contributed by atoms with van der Waals surface area (Å²) in [6, 6.07) is 53.4. The maximum absolute atomic E-state index is 2.41. The van der Waals surface area contributed by atoms with Gasteiger partial charge in [0.25, 0.3) is 0 Å². The van der Waals surface area contributed by atoms with Gasteiger partial charge in [-0.2, -0.15) is 6.07 Å². The van der Waals surface area contributed by atoms with Crippen molar-refractivity contribution in [1.29, 1.82) is 0 Å². The van der Waals surface area contributed by atoms with Gasteiger partial charge in [-0.3, -0.25) is 0 Å². The Hall–Kier alpha value is -3.04. The van der Waals surface area contributed by atoms with Gasteiger partial charge < -0.3 is 30.3 Å². The first-order chi connectivity index (χ1) is 20.0. The normalized spacial score (nSPS) is 10.7. The summed E-state index contributed by atoms with van der Waals surface area (Å²) in [5.74, 6) is 0. The van der Waals surface area contributed by atoms with Gasteiger partial charge in [-0.1, -0.05) is 127 Å². The molecule has 0 saturated carbocycles. The molecule has 6 rings (SSSR count). The second kappa shape index (κ2) is 15.4. The quantitative estimate of drug-likeness (QED) is 0.0951. The summed E-state index contributed by atoms with van der Waals surface area (Å²) in [6.45, 7) is 8.90. The zero-order chi connectivity index (χ0) is 28.6. The number of hydrogen-bond acceptors (Lipinski definition) is 0. The number of aryl methyl sites for hydroxylation is 4. The maximum Gasteiger partial charge on any atom is 0 e. The van der Waals surface area contributed by atoms with Crippen LogP contribution in [0.5, 0.6) is 0 Å². The van der Waals surface area contributed by atoms with Crippen LogP contribution in [-0.2, 0) is 23.2 Å². The molecule has 0 atom stereocenters. The van der Waals surface area contributed by atoms with Crippen molar-refractivity contribution in [3.63, 3.8) is 0 Å². The van der Waals surface area contributed by atoms with E-state index in [1.54, 1.807) is 0 Å². The van der Waals surface area contributed by atoms with Crippen LogP contribution in [0.15, 0.2) is 146 Å². The molecule has 0 fully saturated rings. The Kier molecular flexibility index (Phi) is 11.7. The van der Waals surface area contributed by atoms with Gasteiger partial charge in [-0.15, -0.1) is 10.9 Å². The molecular weight excluding hydrogens is 586 g/mol. The molecule has 0 amide bonds. The van der Waals surface area contributed by atoms with Crippen LogP contribution >= 0.6 is 15.8 Å². The van der Waals surface area contributed by atoms with Gasteiger partial charge in [0, 0.05) is 17.1 Å². The monoisotopic (exact) mass is 624 g/mol. The minimum Gasteiger partial charge on any atom is -0.748 e. The van der Waals surface area contributed by atoms with E-state index in [4.69, 9.17) is 0 Å². The van der Waals surface area contributed by atoms with Gasteiger partial charge >= 0.3 is 0 Å². The predicted molar refractivity (Wildman–Crippen MR) is 184 cm³/mol. The Bertz CT molecular complexity index is 1500. The molecule has 42 heavy (non-hydrogen) atoms. The first-order valence-electron chi connectivity index (χ1n) is 14.2. The SMILES string of the molecule is Cc1cc(C)cc(P(C[c-]2cccc2P(c2ccccc2)c2ccccc2)c2cc(C)cc(C)c2)c1.[Fe].[cH-]1[cH-][cH-][cH-][cH-]1. The average molecular weight is 625 g/mol. The smallest absolute Gasteiger partial charge is 0 e. The molecule has 6 aromatic carbocycles. The largest absolute Gasteiger partial charge is 0.748 e. The molecule has 0 aromatic heterocycles. The number of rotatable bonds is 7. The van der Waals surface area contributed by atoms with Gasteiger partial charge in [-0.25, -0.2) is 12.1 Å². The van der Waals surface area contributed by atoms with E-state index in [0.29, 0.717) is 0 Å². The molecule has 0 nitrogen and oxygen atoms in total. The third-order valence-corrected chi connectivity index (χ3v) is 12.0. The Morgan fingerprint density at radius 1 is 0.500 bits per heavy atom. The summed E-state index contributed by atoms with van der Waals surface area (Å²) in [6.07, 6.45) is 1.06. The fourth-order valence-electron chi connectivity index (χ4n) is 5.42. The molecular formula is C39H38FeP2-6. The zero-order valence-electron chi connectivity index (χ0n) is 24.8. The summed E-state index contributed by atoms with van der Waals surface area (Å²) in [5, 5.41) is 7.26. The van der Waals surface area contributed by atoms with Crippen molar-refractivity contribution < 1.29 is 17.1 Å². The van der Waals surface area contributed by atoms with Crippen molar-refractivity contribution in [1.82, 2.24) is 0 Å². The molecule has 218 valence electrons. The first kappa shape index (κ1) is 31.9. The number of benzene rings is 4. The van der Waals surface area contributed by atoms with Crippen LogP contribution in [0.2, 0.25) is 0 Å². The Balaban J connectivity index is 0.000000612. The van der Waals surface area contributed by atoms with E-state index in [1.165, 1.54) is 54.3 Å². The third-order valence-electron chi connectivity index (χ3n) is 7.07. The molecule has 0 heterocycles. The standard InChI is InChI=1S/C34H33P2.C5H5.Fe/c1-25-18-26(2)21-32(20-25)35(33-22-27(3)19-28(4)23-33)24-29-12-11-17-34(29)36(30-13-7-5-8-14-30)31-15-9-6-10-16-31;1-2-4-5-3-1;/h5-23H,24H2,1-4H3;1-5H;/q-1;-5;. The molecule has 0 radical (unpaired) electrons. The van der Waals surface area contributed by atoms with E-state index in [2.05, 4.69) is 143 Å². The molecule has 0 N–H and O–H groups in total. The van der Waals surface area contributed by atoms with Crippen LogP contribution in [0.3, 0.4) is 0 Å². The van der Waals surface area contributed by atoms with Crippen molar-refractivity contribution in [3.8, 4) is 0 Å². The van der Waals surface area contributed by atoms with Crippen LogP contribution in [0.4, 0.5) is 0 Å². The Morgan fingerprint density at radius 2 is 0.905 bits per heavy atom. The average Bonchev–Trinajstić information content (AvgIpc) is 3.68. The predicted octanol–water partition coefficient (Wildman–Crippen LogP) is 8.43. The van der Waals surface area contributed by atoms with Gasteiger partial charge in [-0.05, 0) is 63.0 Å². The topological polar surface area (TPSA) is 0 Å². The van der Waals surface area contributed by atoms with E-state index in [0.717, 1.165) is 6.16 Å². The molecule has 0 spiro atoms. The van der Waals surface area contributed by atoms with Crippen molar-refractivity contribution >= 4 is 42.4 Å². The summed E-state index contributed by atoms with van der Waals surface area (Å²) in [4.78, 5) is 0. The molecule has 0 aliphatic rings. The van der Waals surface area contributed by atoms with Crippen LogP contribution in [0.25, 0.3) is 0 Å². The van der Waals surface area contributed by atoms with E-state index in [9.17, 15) is 0 Å². The second-order valence-corrected chi connectivity index (χ2v) is 15.1. The number of hydrogen-bond donors (Lipinski definition) is 0. The molecule has 3 heteroatoms. The molecule has 6 aromatic rings. The Labute approximate surface area is 265 Å². The van der Waals surface area contributed by atoms with E-state index >= 15 is 0 Å². The summed E-state index contributed by atoms with van der Waals surface area (Å²) < 4.78 is 0. The van der Waals surface area contributed by atoms with Crippen molar-refractivity contribution in [2.45, 2.75) is 33.9 Å². The molecule has 0 aliphatic heterocycles. The van der Waals surface area contributed by atoms with Crippen LogP contribution < -0.4 is 26.5 Å². The third kappa shape index (κ3) is 8.28. The fourth-order valence-corrected chi connectivity index (χ4v) is 10.7. The van der Waals surface area contributed by atoms with E-state index < -0.39 is 15.8 Å².